The third-order valence-electron chi connectivity index (χ3n) is 6.82. The molecule has 1 aliphatic carbocycles. The minimum atomic E-state index is -3.70. The summed E-state index contributed by atoms with van der Waals surface area (Å²) < 4.78 is 47.6. The van der Waals surface area contributed by atoms with Gasteiger partial charge in [0.05, 0.1) is 18.6 Å². The molecule has 0 radical (unpaired) electrons. The van der Waals surface area contributed by atoms with Gasteiger partial charge in [0.1, 0.15) is 17.6 Å². The minimum Gasteiger partial charge on any atom is -0.497 e. The van der Waals surface area contributed by atoms with Gasteiger partial charge in [0.2, 0.25) is 5.91 Å². The Balaban J connectivity index is 1.29. The smallest absolute Gasteiger partial charge is 0.497 e. The summed E-state index contributed by atoms with van der Waals surface area (Å²) in [4.78, 5) is 17.8. The van der Waals surface area contributed by atoms with E-state index in [4.69, 9.17) is 9.47 Å². The number of alkyl halides is 2. The van der Waals surface area contributed by atoms with Crippen LogP contribution in [-0.2, 0) is 10.2 Å². The van der Waals surface area contributed by atoms with E-state index < -0.39 is 11.7 Å². The van der Waals surface area contributed by atoms with Gasteiger partial charge in [0.25, 0.3) is 0 Å². The molecule has 6 rings (SSSR count). The molecule has 35 heavy (non-hydrogen) atoms. The van der Waals surface area contributed by atoms with E-state index in [1.165, 1.54) is 12.1 Å². The third-order valence-corrected chi connectivity index (χ3v) is 6.82. The summed E-state index contributed by atoms with van der Waals surface area (Å²) in [5, 5.41) is 3.20. The number of halogens is 2. The van der Waals surface area contributed by atoms with E-state index in [0.717, 1.165) is 11.1 Å². The lowest BCUT2D eigenvalue weighted by molar-refractivity contribution is -0.286. The Bertz CT molecular complexity index is 1300. The van der Waals surface area contributed by atoms with Crippen molar-refractivity contribution in [2.75, 3.05) is 7.11 Å². The van der Waals surface area contributed by atoms with Crippen molar-refractivity contribution >= 4 is 5.91 Å². The summed E-state index contributed by atoms with van der Waals surface area (Å²) in [6.07, 6.45) is 1.17. The zero-order valence-electron chi connectivity index (χ0n) is 18.8. The van der Waals surface area contributed by atoms with E-state index in [0.29, 0.717) is 36.3 Å². The topological polar surface area (TPSA) is 78.9 Å². The monoisotopic (exact) mass is 480 g/mol. The molecule has 2 aromatic carbocycles. The summed E-state index contributed by atoms with van der Waals surface area (Å²) in [5.41, 5.74) is 1.57. The second-order valence-corrected chi connectivity index (χ2v) is 8.97. The molecule has 0 spiro atoms. The van der Waals surface area contributed by atoms with Crippen LogP contribution in [0.25, 0.3) is 0 Å². The quantitative estimate of drug-likeness (QED) is 0.564. The molecule has 3 heterocycles. The van der Waals surface area contributed by atoms with Gasteiger partial charge in [0, 0.05) is 36.0 Å². The molecule has 1 saturated carbocycles. The highest BCUT2D eigenvalue weighted by atomic mass is 19.3. The van der Waals surface area contributed by atoms with Gasteiger partial charge in [0.15, 0.2) is 11.5 Å². The number of hydrogen-bond acceptors (Lipinski definition) is 6. The number of benzene rings is 2. The molecule has 1 fully saturated rings. The van der Waals surface area contributed by atoms with Crippen LogP contribution in [0.2, 0.25) is 0 Å². The number of fused-ring (bicyclic) bond motifs is 2. The Morgan fingerprint density at radius 2 is 1.91 bits per heavy atom. The molecule has 2 atom stereocenters. The van der Waals surface area contributed by atoms with Crippen LogP contribution in [0, 0.1) is 0 Å². The van der Waals surface area contributed by atoms with Crippen molar-refractivity contribution < 1.29 is 32.5 Å². The minimum absolute atomic E-state index is 0.0402. The fourth-order valence-electron chi connectivity index (χ4n) is 4.80. The Kier molecular flexibility index (Phi) is 4.84. The molecule has 3 aromatic rings. The molecule has 1 N–H and O–H groups in total. The molecular weight excluding hydrogens is 458 g/mol. The summed E-state index contributed by atoms with van der Waals surface area (Å²) in [6, 6.07) is 13.5. The number of nitrogens with one attached hydrogen (secondary N) is 1. The molecule has 7 nitrogen and oxygen atoms in total. The number of aromatic nitrogens is 1. The normalized spacial score (nSPS) is 22.5. The van der Waals surface area contributed by atoms with Crippen molar-refractivity contribution in [3.63, 3.8) is 0 Å². The average Bonchev–Trinajstić information content (AvgIpc) is 3.61. The number of amides is 1. The molecule has 0 unspecified atom stereocenters. The Labute approximate surface area is 200 Å². The number of ether oxygens (including phenoxy) is 4. The van der Waals surface area contributed by atoms with Crippen LogP contribution in [0.3, 0.4) is 0 Å². The number of pyridine rings is 1. The Morgan fingerprint density at radius 1 is 1.09 bits per heavy atom. The fraction of sp³-hybridized carbons (Fsp3) is 0.308. The molecule has 0 saturated heterocycles. The number of nitrogens with zero attached hydrogens (tertiary/aromatic N) is 1. The summed E-state index contributed by atoms with van der Waals surface area (Å²) in [7, 11) is 1.58. The number of hydrogen-bond donors (Lipinski definition) is 1. The number of methoxy groups -OCH3 is 1. The van der Waals surface area contributed by atoms with Crippen LogP contribution in [0.4, 0.5) is 8.78 Å². The van der Waals surface area contributed by atoms with Crippen LogP contribution in [0.1, 0.15) is 48.1 Å². The van der Waals surface area contributed by atoms with E-state index in [-0.39, 0.29) is 29.6 Å². The third kappa shape index (κ3) is 3.80. The van der Waals surface area contributed by atoms with Crippen LogP contribution in [0.5, 0.6) is 23.0 Å². The van der Waals surface area contributed by atoms with Crippen LogP contribution >= 0.6 is 0 Å². The fourth-order valence-corrected chi connectivity index (χ4v) is 4.80. The van der Waals surface area contributed by atoms with Crippen LogP contribution in [0.15, 0.2) is 60.9 Å². The SMILES string of the molecule is COc1ccc2c(c1)O[C@@H](c1cccnc1)C[C@H]2NC(=O)C1(c2ccc3c(c2)OC(F)(F)O3)CC1. The summed E-state index contributed by atoms with van der Waals surface area (Å²) in [5.74, 6) is 1.01. The van der Waals surface area contributed by atoms with Crippen LogP contribution < -0.4 is 24.3 Å². The Morgan fingerprint density at radius 3 is 2.66 bits per heavy atom. The van der Waals surface area contributed by atoms with Crippen molar-refractivity contribution in [1.82, 2.24) is 10.3 Å². The van der Waals surface area contributed by atoms with E-state index in [2.05, 4.69) is 19.8 Å². The predicted octanol–water partition coefficient (Wildman–Crippen LogP) is 4.82. The van der Waals surface area contributed by atoms with Gasteiger partial charge in [-0.3, -0.25) is 9.78 Å². The van der Waals surface area contributed by atoms with Gasteiger partial charge in [-0.1, -0.05) is 12.1 Å². The first-order valence-corrected chi connectivity index (χ1v) is 11.3. The molecule has 1 aromatic heterocycles. The van der Waals surface area contributed by atoms with Gasteiger partial charge in [-0.05, 0) is 48.7 Å². The standard InChI is InChI=1S/C26H22F2N2O5/c1-32-17-5-6-18-19(13-21(33-22(18)12-17)15-3-2-10-29-14-15)30-24(31)25(8-9-25)16-4-7-20-23(11-16)35-26(27,28)34-20/h2-7,10-12,14,19,21H,8-9,13H2,1H3,(H,30,31)/t19-,21-/m1/s1. The molecule has 9 heteroatoms. The van der Waals surface area contributed by atoms with E-state index in [1.54, 1.807) is 25.6 Å². The lowest BCUT2D eigenvalue weighted by Gasteiger charge is -2.34. The highest BCUT2D eigenvalue weighted by Crippen LogP contribution is 2.52. The highest BCUT2D eigenvalue weighted by molar-refractivity contribution is 5.92. The Hall–Kier alpha value is -3.88. The molecule has 0 bridgehead atoms. The zero-order valence-corrected chi connectivity index (χ0v) is 18.8. The first-order chi connectivity index (χ1) is 16.9. The van der Waals surface area contributed by atoms with Gasteiger partial charge >= 0.3 is 6.29 Å². The van der Waals surface area contributed by atoms with Crippen LogP contribution in [-0.4, -0.2) is 24.3 Å². The first kappa shape index (κ1) is 21.6. The number of carbonyl (C=O) groups is 1. The second kappa shape index (κ2) is 7.83. The lowest BCUT2D eigenvalue weighted by Crippen LogP contribution is -2.39. The maximum atomic E-state index is 13.6. The predicted molar refractivity (Wildman–Crippen MR) is 120 cm³/mol. The molecule has 3 aliphatic rings. The summed E-state index contributed by atoms with van der Waals surface area (Å²) >= 11 is 0. The summed E-state index contributed by atoms with van der Waals surface area (Å²) in [6.45, 7) is 0. The van der Waals surface area contributed by atoms with Crippen molar-refractivity contribution in [2.45, 2.75) is 43.1 Å². The first-order valence-electron chi connectivity index (χ1n) is 11.3. The van der Waals surface area contributed by atoms with Crippen molar-refractivity contribution in [3.05, 3.63) is 77.6 Å². The van der Waals surface area contributed by atoms with E-state index in [9.17, 15) is 13.6 Å². The molecule has 1 amide bonds. The number of carbonyl (C=O) groups excluding carboxylic acids is 1. The van der Waals surface area contributed by atoms with Gasteiger partial charge in [-0.15, -0.1) is 8.78 Å². The molecular formula is C26H22F2N2O5. The maximum Gasteiger partial charge on any atom is 0.586 e. The van der Waals surface area contributed by atoms with Gasteiger partial charge in [-0.25, -0.2) is 0 Å². The second-order valence-electron chi connectivity index (χ2n) is 8.97. The van der Waals surface area contributed by atoms with Crippen molar-refractivity contribution in [1.29, 1.82) is 0 Å². The average molecular weight is 480 g/mol. The maximum absolute atomic E-state index is 13.6. The zero-order chi connectivity index (χ0) is 24.2. The lowest BCUT2D eigenvalue weighted by atomic mass is 9.90. The van der Waals surface area contributed by atoms with Crippen molar-refractivity contribution in [2.24, 2.45) is 0 Å². The van der Waals surface area contributed by atoms with E-state index in [1.807, 2.05) is 30.3 Å². The largest absolute Gasteiger partial charge is 0.586 e. The highest BCUT2D eigenvalue weighted by Gasteiger charge is 2.53. The van der Waals surface area contributed by atoms with Gasteiger partial charge < -0.3 is 24.3 Å². The van der Waals surface area contributed by atoms with Crippen molar-refractivity contribution in [3.8, 4) is 23.0 Å². The van der Waals surface area contributed by atoms with E-state index >= 15 is 0 Å². The molecule has 180 valence electrons. The van der Waals surface area contributed by atoms with Gasteiger partial charge in [-0.2, -0.15) is 0 Å². The number of rotatable bonds is 5. The molecule has 2 aliphatic heterocycles.